The van der Waals surface area contributed by atoms with Crippen LogP contribution in [-0.4, -0.2) is 38.5 Å². The number of aromatic carboxylic acids is 1. The Morgan fingerprint density at radius 2 is 2.32 bits per heavy atom. The standard InChI is InChI=1S/C13H19N3O3/c1-9-3-2-6-13(19,7-9)8-14-11-5-4-10(12(17)18)15-16-11/h4-5,9,19H,2-3,6-8H2,1H3,(H,14,16)(H,17,18). The molecule has 2 rings (SSSR count). The highest BCUT2D eigenvalue weighted by atomic mass is 16.4. The number of carboxylic acids is 1. The molecule has 6 nitrogen and oxygen atoms in total. The van der Waals surface area contributed by atoms with Crippen molar-refractivity contribution in [3.05, 3.63) is 17.8 Å². The van der Waals surface area contributed by atoms with Crippen LogP contribution in [0.4, 0.5) is 5.82 Å². The molecule has 19 heavy (non-hydrogen) atoms. The van der Waals surface area contributed by atoms with Crippen LogP contribution < -0.4 is 5.32 Å². The maximum Gasteiger partial charge on any atom is 0.356 e. The number of hydrogen-bond acceptors (Lipinski definition) is 5. The van der Waals surface area contributed by atoms with Crippen LogP contribution in [0.3, 0.4) is 0 Å². The van der Waals surface area contributed by atoms with Crippen LogP contribution >= 0.6 is 0 Å². The van der Waals surface area contributed by atoms with Gasteiger partial charge in [-0.1, -0.05) is 19.8 Å². The molecule has 1 aromatic heterocycles. The highest BCUT2D eigenvalue weighted by Gasteiger charge is 2.32. The Kier molecular flexibility index (Phi) is 3.99. The third-order valence-corrected chi connectivity index (χ3v) is 3.55. The smallest absolute Gasteiger partial charge is 0.356 e. The average Bonchev–Trinajstić information content (AvgIpc) is 2.37. The zero-order chi connectivity index (χ0) is 13.9. The summed E-state index contributed by atoms with van der Waals surface area (Å²) < 4.78 is 0. The molecule has 0 spiro atoms. The molecule has 0 radical (unpaired) electrons. The predicted molar refractivity (Wildman–Crippen MR) is 70.1 cm³/mol. The largest absolute Gasteiger partial charge is 0.476 e. The van der Waals surface area contributed by atoms with E-state index in [2.05, 4.69) is 22.4 Å². The summed E-state index contributed by atoms with van der Waals surface area (Å²) in [5.41, 5.74) is -0.791. The molecule has 104 valence electrons. The van der Waals surface area contributed by atoms with Gasteiger partial charge in [-0.25, -0.2) is 4.79 Å². The van der Waals surface area contributed by atoms with Crippen molar-refractivity contribution in [2.75, 3.05) is 11.9 Å². The van der Waals surface area contributed by atoms with Gasteiger partial charge in [0.1, 0.15) is 5.82 Å². The predicted octanol–water partition coefficient (Wildman–Crippen LogP) is 1.53. The van der Waals surface area contributed by atoms with Crippen molar-refractivity contribution in [2.45, 2.75) is 38.2 Å². The first-order valence-corrected chi connectivity index (χ1v) is 6.52. The minimum atomic E-state index is -1.10. The number of nitrogens with one attached hydrogen (secondary N) is 1. The van der Waals surface area contributed by atoms with Crippen LogP contribution in [0.5, 0.6) is 0 Å². The van der Waals surface area contributed by atoms with Crippen LogP contribution in [0.2, 0.25) is 0 Å². The third-order valence-electron chi connectivity index (χ3n) is 3.55. The van der Waals surface area contributed by atoms with Gasteiger partial charge in [-0.15, -0.1) is 10.2 Å². The third kappa shape index (κ3) is 3.64. The lowest BCUT2D eigenvalue weighted by atomic mass is 9.79. The highest BCUT2D eigenvalue weighted by Crippen LogP contribution is 2.32. The van der Waals surface area contributed by atoms with Crippen LogP contribution in [0.25, 0.3) is 0 Å². The van der Waals surface area contributed by atoms with Crippen molar-refractivity contribution in [3.8, 4) is 0 Å². The van der Waals surface area contributed by atoms with Gasteiger partial charge in [0, 0.05) is 6.54 Å². The monoisotopic (exact) mass is 265 g/mol. The minimum Gasteiger partial charge on any atom is -0.476 e. The van der Waals surface area contributed by atoms with Gasteiger partial charge in [0.2, 0.25) is 0 Å². The molecule has 2 unspecified atom stereocenters. The summed E-state index contributed by atoms with van der Waals surface area (Å²) in [5.74, 6) is -0.0866. The summed E-state index contributed by atoms with van der Waals surface area (Å²) in [4.78, 5) is 10.6. The summed E-state index contributed by atoms with van der Waals surface area (Å²) in [6.07, 6.45) is 3.75. The summed E-state index contributed by atoms with van der Waals surface area (Å²) >= 11 is 0. The molecule has 2 atom stereocenters. The topological polar surface area (TPSA) is 95.3 Å². The summed E-state index contributed by atoms with van der Waals surface area (Å²) in [6.45, 7) is 2.56. The lowest BCUT2D eigenvalue weighted by Gasteiger charge is -2.35. The van der Waals surface area contributed by atoms with Gasteiger partial charge in [-0.05, 0) is 30.9 Å². The Bertz CT molecular complexity index is 449. The molecule has 1 aliphatic carbocycles. The van der Waals surface area contributed by atoms with E-state index in [0.717, 1.165) is 25.7 Å². The molecule has 1 aromatic rings. The van der Waals surface area contributed by atoms with E-state index in [1.165, 1.54) is 6.07 Å². The molecule has 0 amide bonds. The quantitative estimate of drug-likeness (QED) is 0.764. The lowest BCUT2D eigenvalue weighted by molar-refractivity contribution is -0.000851. The van der Waals surface area contributed by atoms with Crippen molar-refractivity contribution in [2.24, 2.45) is 5.92 Å². The van der Waals surface area contributed by atoms with Gasteiger partial charge in [0.15, 0.2) is 5.69 Å². The molecule has 1 aliphatic rings. The van der Waals surface area contributed by atoms with Crippen molar-refractivity contribution in [1.82, 2.24) is 10.2 Å². The van der Waals surface area contributed by atoms with Crippen LogP contribution in [-0.2, 0) is 0 Å². The Labute approximate surface area is 111 Å². The Morgan fingerprint density at radius 1 is 1.53 bits per heavy atom. The summed E-state index contributed by atoms with van der Waals surface area (Å²) in [7, 11) is 0. The first-order chi connectivity index (χ1) is 8.98. The number of carboxylic acid groups (broad SMARTS) is 1. The fraction of sp³-hybridized carbons (Fsp3) is 0.615. The van der Waals surface area contributed by atoms with Gasteiger partial charge in [-0.2, -0.15) is 0 Å². The molecular formula is C13H19N3O3. The van der Waals surface area contributed by atoms with E-state index in [1.807, 2.05) is 0 Å². The minimum absolute atomic E-state index is 0.0875. The number of hydrogen-bond donors (Lipinski definition) is 3. The zero-order valence-electron chi connectivity index (χ0n) is 11.0. The normalized spacial score (nSPS) is 26.9. The fourth-order valence-electron chi connectivity index (χ4n) is 2.59. The molecule has 1 heterocycles. The molecule has 3 N–H and O–H groups in total. The number of aromatic nitrogens is 2. The second-order valence-corrected chi connectivity index (χ2v) is 5.39. The van der Waals surface area contributed by atoms with E-state index >= 15 is 0 Å². The van der Waals surface area contributed by atoms with Crippen LogP contribution in [0.15, 0.2) is 12.1 Å². The maximum atomic E-state index is 10.6. The zero-order valence-corrected chi connectivity index (χ0v) is 11.0. The van der Waals surface area contributed by atoms with E-state index < -0.39 is 11.6 Å². The van der Waals surface area contributed by atoms with Crippen LogP contribution in [0.1, 0.15) is 43.1 Å². The first kappa shape index (κ1) is 13.7. The number of nitrogens with zero attached hydrogens (tertiary/aromatic N) is 2. The molecule has 0 aliphatic heterocycles. The summed E-state index contributed by atoms with van der Waals surface area (Å²) in [5, 5.41) is 29.6. The Hall–Kier alpha value is -1.69. The van der Waals surface area contributed by atoms with E-state index in [9.17, 15) is 9.90 Å². The van der Waals surface area contributed by atoms with E-state index in [-0.39, 0.29) is 5.69 Å². The molecule has 1 saturated carbocycles. The van der Waals surface area contributed by atoms with E-state index in [0.29, 0.717) is 18.3 Å². The fourth-order valence-corrected chi connectivity index (χ4v) is 2.59. The van der Waals surface area contributed by atoms with Crippen molar-refractivity contribution >= 4 is 11.8 Å². The molecule has 0 saturated heterocycles. The van der Waals surface area contributed by atoms with Crippen molar-refractivity contribution in [3.63, 3.8) is 0 Å². The molecule has 1 fully saturated rings. The van der Waals surface area contributed by atoms with Gasteiger partial charge in [0.25, 0.3) is 0 Å². The SMILES string of the molecule is CC1CCCC(O)(CNc2ccc(C(=O)O)nn2)C1. The second-order valence-electron chi connectivity index (χ2n) is 5.39. The first-order valence-electron chi connectivity index (χ1n) is 6.52. The van der Waals surface area contributed by atoms with E-state index in [1.54, 1.807) is 6.07 Å². The number of anilines is 1. The van der Waals surface area contributed by atoms with Gasteiger partial charge in [0.05, 0.1) is 5.60 Å². The van der Waals surface area contributed by atoms with Gasteiger partial charge < -0.3 is 15.5 Å². The lowest BCUT2D eigenvalue weighted by Crippen LogP contribution is -2.41. The average molecular weight is 265 g/mol. The molecular weight excluding hydrogens is 246 g/mol. The molecule has 0 bridgehead atoms. The Morgan fingerprint density at radius 3 is 2.89 bits per heavy atom. The van der Waals surface area contributed by atoms with Crippen LogP contribution in [0, 0.1) is 5.92 Å². The Balaban J connectivity index is 1.92. The second kappa shape index (κ2) is 5.52. The number of aliphatic hydroxyl groups is 1. The highest BCUT2D eigenvalue weighted by molar-refractivity contribution is 5.85. The number of carbonyl (C=O) groups is 1. The van der Waals surface area contributed by atoms with Crippen molar-refractivity contribution in [1.29, 1.82) is 0 Å². The summed E-state index contributed by atoms with van der Waals surface area (Å²) in [6, 6.07) is 2.96. The van der Waals surface area contributed by atoms with Gasteiger partial charge >= 0.3 is 5.97 Å². The van der Waals surface area contributed by atoms with Crippen molar-refractivity contribution < 1.29 is 15.0 Å². The maximum absolute atomic E-state index is 10.6. The number of rotatable bonds is 4. The van der Waals surface area contributed by atoms with Gasteiger partial charge in [-0.3, -0.25) is 0 Å². The molecule has 0 aromatic carbocycles. The molecule has 6 heteroatoms. The van der Waals surface area contributed by atoms with E-state index in [4.69, 9.17) is 5.11 Å².